The zero-order chi connectivity index (χ0) is 23.3. The minimum Gasteiger partial charge on any atom is -0.326 e. The molecule has 168 valence electrons. The molecule has 0 radical (unpaired) electrons. The second-order valence-corrected chi connectivity index (χ2v) is 8.35. The van der Waals surface area contributed by atoms with Crippen LogP contribution in [0.15, 0.2) is 47.6 Å². The topological polar surface area (TPSA) is 88.9 Å². The number of aryl methyl sites for hydroxylation is 1. The summed E-state index contributed by atoms with van der Waals surface area (Å²) < 4.78 is 28.6. The summed E-state index contributed by atoms with van der Waals surface area (Å²) in [5, 5.41) is 13.3. The Bertz CT molecular complexity index is 1120. The van der Waals surface area contributed by atoms with Gasteiger partial charge in [-0.15, -0.1) is 10.2 Å². The number of anilines is 2. The Morgan fingerprint density at radius 2 is 1.81 bits per heavy atom. The first-order valence-corrected chi connectivity index (χ1v) is 10.8. The van der Waals surface area contributed by atoms with Crippen LogP contribution >= 0.6 is 11.8 Å². The molecular weight excluding hydrogens is 436 g/mol. The fourth-order valence-corrected chi connectivity index (χ4v) is 3.78. The molecule has 1 heterocycles. The van der Waals surface area contributed by atoms with E-state index in [1.165, 1.54) is 6.07 Å². The molecule has 32 heavy (non-hydrogen) atoms. The Morgan fingerprint density at radius 1 is 1.09 bits per heavy atom. The highest BCUT2D eigenvalue weighted by molar-refractivity contribution is 8.00. The van der Waals surface area contributed by atoms with Crippen molar-refractivity contribution in [3.63, 3.8) is 0 Å². The molecule has 0 aliphatic rings. The summed E-state index contributed by atoms with van der Waals surface area (Å²) in [5.74, 6) is -1.81. The van der Waals surface area contributed by atoms with Crippen molar-refractivity contribution in [1.29, 1.82) is 0 Å². The van der Waals surface area contributed by atoms with Crippen molar-refractivity contribution in [2.45, 2.75) is 37.1 Å². The summed E-state index contributed by atoms with van der Waals surface area (Å²) in [6.45, 7) is 3.77. The van der Waals surface area contributed by atoms with Gasteiger partial charge in [-0.25, -0.2) is 8.78 Å². The first-order valence-electron chi connectivity index (χ1n) is 9.94. The van der Waals surface area contributed by atoms with E-state index in [0.717, 1.165) is 23.4 Å². The van der Waals surface area contributed by atoms with Crippen LogP contribution in [0.25, 0.3) is 0 Å². The second kappa shape index (κ2) is 10.4. The third kappa shape index (κ3) is 5.91. The van der Waals surface area contributed by atoms with E-state index in [1.807, 2.05) is 38.1 Å². The number of halogens is 2. The van der Waals surface area contributed by atoms with Crippen LogP contribution in [0.5, 0.6) is 0 Å². The largest absolute Gasteiger partial charge is 0.326 e. The second-order valence-electron chi connectivity index (χ2n) is 7.18. The van der Waals surface area contributed by atoms with Gasteiger partial charge < -0.3 is 15.2 Å². The fraction of sp³-hybridized carbons (Fsp3) is 0.273. The van der Waals surface area contributed by atoms with Gasteiger partial charge in [0.2, 0.25) is 11.8 Å². The number of carbonyl (C=O) groups excluding carboxylic acids is 2. The SMILES string of the molecule is CC[C@@H](Sc1nnc(CC(=O)Nc2ccc(C)cc2)n1C)C(=O)Nc1ccc(F)cc1F. The van der Waals surface area contributed by atoms with Gasteiger partial charge in [-0.1, -0.05) is 36.4 Å². The van der Waals surface area contributed by atoms with Gasteiger partial charge in [-0.05, 0) is 37.6 Å². The maximum atomic E-state index is 13.8. The van der Waals surface area contributed by atoms with Crippen molar-refractivity contribution in [3.05, 3.63) is 65.5 Å². The van der Waals surface area contributed by atoms with Crippen molar-refractivity contribution >= 4 is 35.0 Å². The average molecular weight is 460 g/mol. The fourth-order valence-electron chi connectivity index (χ4n) is 2.84. The van der Waals surface area contributed by atoms with Crippen molar-refractivity contribution in [3.8, 4) is 0 Å². The van der Waals surface area contributed by atoms with Crippen molar-refractivity contribution in [2.24, 2.45) is 7.05 Å². The quantitative estimate of drug-likeness (QED) is 0.496. The molecular formula is C22H23F2N5O2S. The normalized spacial score (nSPS) is 11.8. The van der Waals surface area contributed by atoms with Gasteiger partial charge in [0.25, 0.3) is 0 Å². The lowest BCUT2D eigenvalue weighted by atomic mass is 10.2. The summed E-state index contributed by atoms with van der Waals surface area (Å²) in [4.78, 5) is 24.9. The lowest BCUT2D eigenvalue weighted by Crippen LogP contribution is -2.25. The number of aromatic nitrogens is 3. The monoisotopic (exact) mass is 459 g/mol. The number of amides is 2. The Hall–Kier alpha value is -3.27. The minimum absolute atomic E-state index is 0.0156. The summed E-state index contributed by atoms with van der Waals surface area (Å²) in [5.41, 5.74) is 1.68. The summed E-state index contributed by atoms with van der Waals surface area (Å²) in [6.07, 6.45) is 0.455. The average Bonchev–Trinajstić information content (AvgIpc) is 3.09. The van der Waals surface area contributed by atoms with E-state index < -0.39 is 22.8 Å². The van der Waals surface area contributed by atoms with E-state index in [2.05, 4.69) is 20.8 Å². The Kier molecular flexibility index (Phi) is 7.57. The molecule has 2 amide bonds. The number of hydrogen-bond donors (Lipinski definition) is 2. The van der Waals surface area contributed by atoms with E-state index >= 15 is 0 Å². The maximum Gasteiger partial charge on any atom is 0.238 e. The van der Waals surface area contributed by atoms with Crippen molar-refractivity contribution in [1.82, 2.24) is 14.8 Å². The van der Waals surface area contributed by atoms with Gasteiger partial charge in [0.05, 0.1) is 17.4 Å². The Balaban J connectivity index is 1.63. The Labute approximate surface area is 188 Å². The summed E-state index contributed by atoms with van der Waals surface area (Å²) in [6, 6.07) is 10.4. The van der Waals surface area contributed by atoms with E-state index in [-0.39, 0.29) is 18.0 Å². The molecule has 0 bridgehead atoms. The third-order valence-electron chi connectivity index (χ3n) is 4.68. The molecule has 0 unspecified atom stereocenters. The highest BCUT2D eigenvalue weighted by Crippen LogP contribution is 2.26. The molecule has 0 saturated carbocycles. The van der Waals surface area contributed by atoms with Crippen LogP contribution in [-0.2, 0) is 23.1 Å². The third-order valence-corrected chi connectivity index (χ3v) is 6.08. The van der Waals surface area contributed by atoms with Gasteiger partial charge in [0.15, 0.2) is 5.16 Å². The van der Waals surface area contributed by atoms with Crippen LogP contribution < -0.4 is 10.6 Å². The highest BCUT2D eigenvalue weighted by Gasteiger charge is 2.23. The molecule has 0 aliphatic carbocycles. The van der Waals surface area contributed by atoms with Gasteiger partial charge in [0, 0.05) is 18.8 Å². The van der Waals surface area contributed by atoms with Crippen LogP contribution in [0.3, 0.4) is 0 Å². The van der Waals surface area contributed by atoms with Crippen LogP contribution in [0.2, 0.25) is 0 Å². The minimum atomic E-state index is -0.848. The zero-order valence-corrected chi connectivity index (χ0v) is 18.7. The maximum absolute atomic E-state index is 13.8. The molecule has 2 aromatic carbocycles. The van der Waals surface area contributed by atoms with Gasteiger partial charge in [0.1, 0.15) is 17.5 Å². The number of hydrogen-bond acceptors (Lipinski definition) is 5. The molecule has 0 aliphatic heterocycles. The highest BCUT2D eigenvalue weighted by atomic mass is 32.2. The molecule has 3 rings (SSSR count). The first-order chi connectivity index (χ1) is 15.3. The Morgan fingerprint density at radius 3 is 2.47 bits per heavy atom. The molecule has 3 aromatic rings. The lowest BCUT2D eigenvalue weighted by Gasteiger charge is -2.14. The van der Waals surface area contributed by atoms with E-state index in [4.69, 9.17) is 0 Å². The number of carbonyl (C=O) groups is 2. The van der Waals surface area contributed by atoms with Crippen molar-refractivity contribution < 1.29 is 18.4 Å². The predicted octanol–water partition coefficient (Wildman–Crippen LogP) is 4.09. The predicted molar refractivity (Wildman–Crippen MR) is 119 cm³/mol. The molecule has 0 saturated heterocycles. The number of nitrogens with zero attached hydrogens (tertiary/aromatic N) is 3. The molecule has 7 nitrogen and oxygen atoms in total. The molecule has 2 N–H and O–H groups in total. The van der Waals surface area contributed by atoms with Crippen LogP contribution in [0, 0.1) is 18.6 Å². The molecule has 1 aromatic heterocycles. The molecule has 0 spiro atoms. The summed E-state index contributed by atoms with van der Waals surface area (Å²) >= 11 is 1.15. The molecule has 0 fully saturated rings. The summed E-state index contributed by atoms with van der Waals surface area (Å²) in [7, 11) is 1.71. The molecule has 10 heteroatoms. The zero-order valence-electron chi connectivity index (χ0n) is 17.9. The van der Waals surface area contributed by atoms with E-state index in [0.29, 0.717) is 29.2 Å². The molecule has 1 atom stereocenters. The van der Waals surface area contributed by atoms with Crippen LogP contribution in [0.4, 0.5) is 20.2 Å². The van der Waals surface area contributed by atoms with Crippen molar-refractivity contribution in [2.75, 3.05) is 10.6 Å². The van der Waals surface area contributed by atoms with E-state index in [9.17, 15) is 18.4 Å². The smallest absolute Gasteiger partial charge is 0.238 e. The number of rotatable bonds is 8. The van der Waals surface area contributed by atoms with Gasteiger partial charge in [-0.2, -0.15) is 0 Å². The number of benzene rings is 2. The van der Waals surface area contributed by atoms with E-state index in [1.54, 1.807) is 11.6 Å². The van der Waals surface area contributed by atoms with Gasteiger partial charge in [-0.3, -0.25) is 9.59 Å². The standard InChI is InChI=1S/C22H23F2N5O2S/c1-4-18(21(31)26-17-10-7-14(23)11-16(17)24)32-22-28-27-19(29(22)3)12-20(30)25-15-8-5-13(2)6-9-15/h5-11,18H,4,12H2,1-3H3,(H,25,30)(H,26,31)/t18-/m1/s1. The lowest BCUT2D eigenvalue weighted by molar-refractivity contribution is -0.116. The van der Waals surface area contributed by atoms with Crippen LogP contribution in [-0.4, -0.2) is 31.8 Å². The van der Waals surface area contributed by atoms with Crippen LogP contribution in [0.1, 0.15) is 24.7 Å². The number of nitrogens with one attached hydrogen (secondary N) is 2. The van der Waals surface area contributed by atoms with Gasteiger partial charge >= 0.3 is 0 Å². The number of thioether (sulfide) groups is 1. The first kappa shape index (κ1) is 23.4.